The molecule has 3 heteroatoms. The highest BCUT2D eigenvalue weighted by atomic mass is 28.4. The number of rotatable bonds is 6. The summed E-state index contributed by atoms with van der Waals surface area (Å²) in [5.41, 5.74) is 6.35. The van der Waals surface area contributed by atoms with Gasteiger partial charge in [0.1, 0.15) is 0 Å². The largest absolute Gasteiger partial charge is 0.392 e. The van der Waals surface area contributed by atoms with E-state index in [1.807, 2.05) is 0 Å². The third kappa shape index (κ3) is 3.74. The van der Waals surface area contributed by atoms with Crippen molar-refractivity contribution in [2.24, 2.45) is 5.73 Å². The predicted molar refractivity (Wildman–Crippen MR) is 102 cm³/mol. The number of nitrogens with two attached hydrogens (primary N) is 1. The molecular weight excluding hydrogens is 298 g/mol. The molecule has 2 rings (SSSR count). The maximum atomic E-state index is 6.73. The van der Waals surface area contributed by atoms with Crippen LogP contribution in [0.4, 0.5) is 0 Å². The van der Waals surface area contributed by atoms with E-state index in [-0.39, 0.29) is 11.3 Å². The summed E-state index contributed by atoms with van der Waals surface area (Å²) in [6.45, 7) is 8.97. The lowest BCUT2D eigenvalue weighted by Gasteiger charge is -2.44. The molecule has 2 aromatic carbocycles. The molecule has 0 amide bonds. The van der Waals surface area contributed by atoms with E-state index in [0.29, 0.717) is 0 Å². The van der Waals surface area contributed by atoms with Crippen LogP contribution in [0.1, 0.15) is 40.5 Å². The molecule has 0 spiro atoms. The van der Waals surface area contributed by atoms with Gasteiger partial charge in [-0.25, -0.2) is 0 Å². The minimum atomic E-state index is -2.47. The van der Waals surface area contributed by atoms with E-state index in [4.69, 9.17) is 10.2 Å². The molecule has 1 unspecified atom stereocenters. The highest BCUT2D eigenvalue weighted by Gasteiger charge is 2.51. The first-order valence-corrected chi connectivity index (χ1v) is 10.4. The first-order chi connectivity index (χ1) is 10.9. The van der Waals surface area contributed by atoms with Crippen molar-refractivity contribution in [2.75, 3.05) is 0 Å². The summed E-state index contributed by atoms with van der Waals surface area (Å²) in [5, 5.41) is 2.55. The van der Waals surface area contributed by atoms with Crippen molar-refractivity contribution >= 4 is 18.7 Å². The lowest BCUT2D eigenvalue weighted by molar-refractivity contribution is 0.183. The van der Waals surface area contributed by atoms with E-state index < -0.39 is 8.32 Å². The van der Waals surface area contributed by atoms with Crippen molar-refractivity contribution in [3.8, 4) is 0 Å². The van der Waals surface area contributed by atoms with Crippen LogP contribution in [0.2, 0.25) is 5.04 Å². The molecule has 0 heterocycles. The van der Waals surface area contributed by atoms with Crippen molar-refractivity contribution < 1.29 is 4.43 Å². The Bertz CT molecular complexity index is 553. The SMILES string of the molecule is CCCC(N)O[Si](c1ccccc1)(c1ccccc1)C(C)(C)C. The van der Waals surface area contributed by atoms with Gasteiger partial charge in [0.2, 0.25) is 0 Å². The monoisotopic (exact) mass is 327 g/mol. The van der Waals surface area contributed by atoms with Crippen LogP contribution in [0.3, 0.4) is 0 Å². The van der Waals surface area contributed by atoms with Crippen molar-refractivity contribution in [3.63, 3.8) is 0 Å². The molecule has 0 aliphatic rings. The lowest BCUT2D eigenvalue weighted by Crippen LogP contribution is -2.68. The van der Waals surface area contributed by atoms with Gasteiger partial charge in [0.05, 0.1) is 6.23 Å². The molecule has 23 heavy (non-hydrogen) atoms. The van der Waals surface area contributed by atoms with E-state index in [9.17, 15) is 0 Å². The summed E-state index contributed by atoms with van der Waals surface area (Å²) < 4.78 is 6.73. The molecule has 2 aromatic rings. The molecule has 2 N–H and O–H groups in total. The molecule has 0 bridgehead atoms. The quantitative estimate of drug-likeness (QED) is 0.649. The fourth-order valence-electron chi connectivity index (χ4n) is 3.26. The van der Waals surface area contributed by atoms with E-state index in [2.05, 4.69) is 88.4 Å². The summed E-state index contributed by atoms with van der Waals surface area (Å²) in [7, 11) is -2.47. The Morgan fingerprint density at radius 1 is 0.913 bits per heavy atom. The maximum Gasteiger partial charge on any atom is 0.263 e. The Kier molecular flexibility index (Phi) is 5.79. The Morgan fingerprint density at radius 2 is 1.35 bits per heavy atom. The van der Waals surface area contributed by atoms with Crippen LogP contribution in [0, 0.1) is 0 Å². The van der Waals surface area contributed by atoms with Gasteiger partial charge in [-0.05, 0) is 21.8 Å². The van der Waals surface area contributed by atoms with Gasteiger partial charge in [0, 0.05) is 0 Å². The van der Waals surface area contributed by atoms with Gasteiger partial charge < -0.3 is 10.2 Å². The highest BCUT2D eigenvalue weighted by Crippen LogP contribution is 2.37. The third-order valence-electron chi connectivity index (χ3n) is 4.32. The zero-order chi connectivity index (χ0) is 16.9. The fourth-order valence-corrected chi connectivity index (χ4v) is 7.85. The average Bonchev–Trinajstić information content (AvgIpc) is 2.53. The summed E-state index contributed by atoms with van der Waals surface area (Å²) >= 11 is 0. The average molecular weight is 328 g/mol. The summed E-state index contributed by atoms with van der Waals surface area (Å²) in [5.74, 6) is 0. The third-order valence-corrected chi connectivity index (χ3v) is 9.38. The number of hydrogen-bond acceptors (Lipinski definition) is 2. The van der Waals surface area contributed by atoms with Crippen LogP contribution in [0.5, 0.6) is 0 Å². The number of benzene rings is 2. The Morgan fingerprint density at radius 3 is 1.70 bits per heavy atom. The van der Waals surface area contributed by atoms with Gasteiger partial charge in [-0.3, -0.25) is 0 Å². The molecule has 0 saturated carbocycles. The zero-order valence-corrected chi connectivity index (χ0v) is 15.8. The second-order valence-electron chi connectivity index (χ2n) is 7.11. The molecular formula is C20H29NOSi. The van der Waals surface area contributed by atoms with Crippen LogP contribution < -0.4 is 16.1 Å². The van der Waals surface area contributed by atoms with Gasteiger partial charge in [0.25, 0.3) is 8.32 Å². The summed E-state index contributed by atoms with van der Waals surface area (Å²) in [6.07, 6.45) is 1.68. The first kappa shape index (κ1) is 17.9. The molecule has 0 saturated heterocycles. The predicted octanol–water partition coefficient (Wildman–Crippen LogP) is 3.65. The van der Waals surface area contributed by atoms with Crippen molar-refractivity contribution in [1.82, 2.24) is 0 Å². The van der Waals surface area contributed by atoms with Crippen LogP contribution in [-0.4, -0.2) is 14.5 Å². The van der Waals surface area contributed by atoms with Gasteiger partial charge in [0.15, 0.2) is 0 Å². The van der Waals surface area contributed by atoms with E-state index >= 15 is 0 Å². The summed E-state index contributed by atoms with van der Waals surface area (Å²) in [4.78, 5) is 0. The molecule has 0 aliphatic heterocycles. The normalized spacial score (nSPS) is 13.8. The molecule has 2 nitrogen and oxygen atoms in total. The smallest absolute Gasteiger partial charge is 0.263 e. The minimum absolute atomic E-state index is 0.0128. The van der Waals surface area contributed by atoms with Crippen molar-refractivity contribution in [3.05, 3.63) is 60.7 Å². The molecule has 0 aromatic heterocycles. The maximum absolute atomic E-state index is 6.73. The van der Waals surface area contributed by atoms with Crippen molar-refractivity contribution in [1.29, 1.82) is 0 Å². The molecule has 0 aliphatic carbocycles. The lowest BCUT2D eigenvalue weighted by atomic mass is 10.2. The van der Waals surface area contributed by atoms with E-state index in [0.717, 1.165) is 12.8 Å². The van der Waals surface area contributed by atoms with Crippen LogP contribution in [0.15, 0.2) is 60.7 Å². The second kappa shape index (κ2) is 7.43. The van der Waals surface area contributed by atoms with Gasteiger partial charge in [-0.15, -0.1) is 0 Å². The van der Waals surface area contributed by atoms with Crippen LogP contribution in [0.25, 0.3) is 0 Å². The first-order valence-electron chi connectivity index (χ1n) is 8.46. The Labute approximate surface area is 141 Å². The highest BCUT2D eigenvalue weighted by molar-refractivity contribution is 6.99. The van der Waals surface area contributed by atoms with E-state index in [1.165, 1.54) is 10.4 Å². The van der Waals surface area contributed by atoms with Gasteiger partial charge in [-0.1, -0.05) is 94.8 Å². The van der Waals surface area contributed by atoms with Gasteiger partial charge in [-0.2, -0.15) is 0 Å². The number of hydrogen-bond donors (Lipinski definition) is 1. The Hall–Kier alpha value is -1.42. The second-order valence-corrected chi connectivity index (χ2v) is 11.4. The molecule has 1 atom stereocenters. The molecule has 0 fully saturated rings. The topological polar surface area (TPSA) is 35.2 Å². The van der Waals surface area contributed by atoms with Gasteiger partial charge >= 0.3 is 0 Å². The van der Waals surface area contributed by atoms with E-state index in [1.54, 1.807) is 0 Å². The molecule has 0 radical (unpaired) electrons. The fraction of sp³-hybridized carbons (Fsp3) is 0.400. The minimum Gasteiger partial charge on any atom is -0.392 e. The van der Waals surface area contributed by atoms with Crippen LogP contribution >= 0.6 is 0 Å². The standard InChI is InChI=1S/C20H29NOSi/c1-5-12-19(21)22-23(20(2,3)4,17-13-8-6-9-14-17)18-15-10-7-11-16-18/h6-11,13-16,19H,5,12,21H2,1-4H3. The van der Waals surface area contributed by atoms with Crippen molar-refractivity contribution in [2.45, 2.75) is 51.8 Å². The molecule has 124 valence electrons. The van der Waals surface area contributed by atoms with Crippen LogP contribution in [-0.2, 0) is 4.43 Å². The summed E-state index contributed by atoms with van der Waals surface area (Å²) in [6, 6.07) is 21.3. The Balaban J connectivity index is 2.64. The zero-order valence-electron chi connectivity index (χ0n) is 14.8.